The van der Waals surface area contributed by atoms with Crippen LogP contribution in [0.5, 0.6) is 17.2 Å². The minimum absolute atomic E-state index is 0.253. The van der Waals surface area contributed by atoms with Crippen molar-refractivity contribution in [3.63, 3.8) is 0 Å². The Labute approximate surface area is 162 Å². The number of anilines is 1. The van der Waals surface area contributed by atoms with Crippen molar-refractivity contribution in [3.8, 4) is 17.2 Å². The number of thiazole rings is 1. The van der Waals surface area contributed by atoms with Crippen LogP contribution in [-0.4, -0.2) is 32.2 Å². The Morgan fingerprint density at radius 1 is 1.08 bits per heavy atom. The molecule has 3 rings (SSSR count). The predicted octanol–water partition coefficient (Wildman–Crippen LogP) is 4.18. The van der Waals surface area contributed by atoms with E-state index in [1.54, 1.807) is 26.4 Å². The third-order valence-corrected chi connectivity index (χ3v) is 5.36. The average Bonchev–Trinajstić information content (AvgIpc) is 3.02. The van der Waals surface area contributed by atoms with E-state index < -0.39 is 0 Å². The standard InChI is InChI=1S/C17H15IN2O4S/c1-22-9-4-5-12-15(6-9)25-17(19-12)20-16(21)10-7-13(23-2)14(24-3)8-11(10)18/h4-8H,1-3H3,(H,19,20,21). The topological polar surface area (TPSA) is 69.7 Å². The highest BCUT2D eigenvalue weighted by atomic mass is 127. The zero-order valence-electron chi connectivity index (χ0n) is 13.8. The van der Waals surface area contributed by atoms with Crippen LogP contribution in [0.25, 0.3) is 10.2 Å². The largest absolute Gasteiger partial charge is 0.497 e. The van der Waals surface area contributed by atoms with Crippen LogP contribution in [0.1, 0.15) is 10.4 Å². The summed E-state index contributed by atoms with van der Waals surface area (Å²) in [6.45, 7) is 0. The van der Waals surface area contributed by atoms with Crippen molar-refractivity contribution in [1.29, 1.82) is 0 Å². The van der Waals surface area contributed by atoms with Gasteiger partial charge in [0.05, 0.1) is 37.1 Å². The van der Waals surface area contributed by atoms with E-state index in [0.29, 0.717) is 22.2 Å². The molecule has 25 heavy (non-hydrogen) atoms. The first kappa shape index (κ1) is 17.7. The maximum absolute atomic E-state index is 12.6. The molecule has 0 aliphatic rings. The highest BCUT2D eigenvalue weighted by Gasteiger charge is 2.17. The number of carbonyl (C=O) groups excluding carboxylic acids is 1. The SMILES string of the molecule is COc1ccc2nc(NC(=O)c3cc(OC)c(OC)cc3I)sc2c1. The lowest BCUT2D eigenvalue weighted by Crippen LogP contribution is -2.13. The van der Waals surface area contributed by atoms with Gasteiger partial charge in [0.2, 0.25) is 0 Å². The van der Waals surface area contributed by atoms with E-state index in [2.05, 4.69) is 32.9 Å². The zero-order chi connectivity index (χ0) is 18.0. The van der Waals surface area contributed by atoms with E-state index in [9.17, 15) is 4.79 Å². The number of ether oxygens (including phenoxy) is 3. The Morgan fingerprint density at radius 3 is 2.48 bits per heavy atom. The minimum Gasteiger partial charge on any atom is -0.497 e. The molecule has 0 fully saturated rings. The molecule has 3 aromatic rings. The van der Waals surface area contributed by atoms with Crippen molar-refractivity contribution in [2.75, 3.05) is 26.6 Å². The number of halogens is 1. The fraction of sp³-hybridized carbons (Fsp3) is 0.176. The first-order chi connectivity index (χ1) is 12.0. The lowest BCUT2D eigenvalue weighted by atomic mass is 10.2. The van der Waals surface area contributed by atoms with Gasteiger partial charge in [-0.1, -0.05) is 11.3 Å². The number of nitrogens with one attached hydrogen (secondary N) is 1. The Balaban J connectivity index is 1.89. The molecule has 0 aliphatic carbocycles. The Morgan fingerprint density at radius 2 is 1.80 bits per heavy atom. The molecule has 130 valence electrons. The van der Waals surface area contributed by atoms with E-state index in [0.717, 1.165) is 19.5 Å². The third-order valence-electron chi connectivity index (χ3n) is 3.53. The van der Waals surface area contributed by atoms with E-state index in [4.69, 9.17) is 14.2 Å². The van der Waals surface area contributed by atoms with Crippen LogP contribution in [-0.2, 0) is 0 Å². The maximum Gasteiger partial charge on any atom is 0.258 e. The number of rotatable bonds is 5. The maximum atomic E-state index is 12.6. The minimum atomic E-state index is -0.253. The first-order valence-electron chi connectivity index (χ1n) is 7.23. The highest BCUT2D eigenvalue weighted by molar-refractivity contribution is 14.1. The Kier molecular flexibility index (Phi) is 5.28. The fourth-order valence-corrected chi connectivity index (χ4v) is 3.85. The summed E-state index contributed by atoms with van der Waals surface area (Å²) in [5.41, 5.74) is 1.30. The van der Waals surface area contributed by atoms with Gasteiger partial charge in [-0.05, 0) is 52.9 Å². The molecule has 0 saturated heterocycles. The smallest absolute Gasteiger partial charge is 0.258 e. The van der Waals surface area contributed by atoms with Crippen molar-refractivity contribution in [1.82, 2.24) is 4.98 Å². The zero-order valence-corrected chi connectivity index (χ0v) is 16.7. The molecular weight excluding hydrogens is 455 g/mol. The molecule has 0 unspecified atom stereocenters. The van der Waals surface area contributed by atoms with E-state index in [-0.39, 0.29) is 5.91 Å². The molecule has 0 aliphatic heterocycles. The van der Waals surface area contributed by atoms with Gasteiger partial charge < -0.3 is 14.2 Å². The van der Waals surface area contributed by atoms with Crippen LogP contribution < -0.4 is 19.5 Å². The summed E-state index contributed by atoms with van der Waals surface area (Å²) in [5.74, 6) is 1.58. The van der Waals surface area contributed by atoms with Gasteiger partial charge in [0.1, 0.15) is 5.75 Å². The van der Waals surface area contributed by atoms with E-state index in [1.165, 1.54) is 18.4 Å². The number of benzene rings is 2. The van der Waals surface area contributed by atoms with Gasteiger partial charge in [-0.25, -0.2) is 4.98 Å². The number of hydrogen-bond donors (Lipinski definition) is 1. The lowest BCUT2D eigenvalue weighted by molar-refractivity contribution is 0.102. The molecule has 2 aromatic carbocycles. The summed E-state index contributed by atoms with van der Waals surface area (Å²) in [4.78, 5) is 17.1. The summed E-state index contributed by atoms with van der Waals surface area (Å²) in [5, 5.41) is 3.37. The number of hydrogen-bond acceptors (Lipinski definition) is 6. The number of aromatic nitrogens is 1. The van der Waals surface area contributed by atoms with Crippen molar-refractivity contribution in [2.24, 2.45) is 0 Å². The lowest BCUT2D eigenvalue weighted by Gasteiger charge is -2.11. The highest BCUT2D eigenvalue weighted by Crippen LogP contribution is 2.33. The molecule has 1 amide bonds. The number of amides is 1. The van der Waals surface area contributed by atoms with Gasteiger partial charge >= 0.3 is 0 Å². The van der Waals surface area contributed by atoms with Gasteiger partial charge in [-0.3, -0.25) is 10.1 Å². The van der Waals surface area contributed by atoms with Crippen molar-refractivity contribution in [3.05, 3.63) is 39.5 Å². The average molecular weight is 470 g/mol. The first-order valence-corrected chi connectivity index (χ1v) is 9.12. The van der Waals surface area contributed by atoms with Gasteiger partial charge in [0.15, 0.2) is 16.6 Å². The molecule has 1 aromatic heterocycles. The quantitative estimate of drug-likeness (QED) is 0.567. The molecule has 1 N–H and O–H groups in total. The normalized spacial score (nSPS) is 10.6. The van der Waals surface area contributed by atoms with Crippen LogP contribution in [0, 0.1) is 3.57 Å². The van der Waals surface area contributed by atoms with Crippen LogP contribution in [0.2, 0.25) is 0 Å². The second kappa shape index (κ2) is 7.44. The van der Waals surface area contributed by atoms with Crippen LogP contribution in [0.15, 0.2) is 30.3 Å². The molecule has 0 saturated carbocycles. The van der Waals surface area contributed by atoms with Crippen molar-refractivity contribution < 1.29 is 19.0 Å². The van der Waals surface area contributed by atoms with Crippen molar-refractivity contribution >= 4 is 55.2 Å². The summed E-state index contributed by atoms with van der Waals surface area (Å²) < 4.78 is 17.4. The molecule has 1 heterocycles. The second-order valence-corrected chi connectivity index (χ2v) is 7.19. The Hall–Kier alpha value is -2.07. The third kappa shape index (κ3) is 3.64. The fourth-order valence-electron chi connectivity index (χ4n) is 2.28. The monoisotopic (exact) mass is 470 g/mol. The summed E-state index contributed by atoms with van der Waals surface area (Å²) in [6.07, 6.45) is 0. The number of carbonyl (C=O) groups is 1. The summed E-state index contributed by atoms with van der Waals surface area (Å²) >= 11 is 3.49. The van der Waals surface area contributed by atoms with E-state index in [1.807, 2.05) is 18.2 Å². The van der Waals surface area contributed by atoms with Crippen molar-refractivity contribution in [2.45, 2.75) is 0 Å². The molecule has 0 radical (unpaired) electrons. The molecule has 0 atom stereocenters. The summed E-state index contributed by atoms with van der Waals surface area (Å²) in [6, 6.07) is 9.01. The number of methoxy groups -OCH3 is 3. The van der Waals surface area contributed by atoms with Gasteiger partial charge in [-0.15, -0.1) is 0 Å². The van der Waals surface area contributed by atoms with Crippen LogP contribution in [0.3, 0.4) is 0 Å². The number of fused-ring (bicyclic) bond motifs is 1. The summed E-state index contributed by atoms with van der Waals surface area (Å²) in [7, 11) is 4.71. The number of nitrogens with zero attached hydrogens (tertiary/aromatic N) is 1. The molecule has 8 heteroatoms. The van der Waals surface area contributed by atoms with Crippen LogP contribution in [0.4, 0.5) is 5.13 Å². The van der Waals surface area contributed by atoms with E-state index >= 15 is 0 Å². The second-order valence-electron chi connectivity index (χ2n) is 4.99. The molecule has 0 spiro atoms. The van der Waals surface area contributed by atoms with Gasteiger partial charge in [0.25, 0.3) is 5.91 Å². The van der Waals surface area contributed by atoms with Crippen LogP contribution >= 0.6 is 33.9 Å². The van der Waals surface area contributed by atoms with Gasteiger partial charge in [-0.2, -0.15) is 0 Å². The molecular formula is C17H15IN2O4S. The van der Waals surface area contributed by atoms with Gasteiger partial charge in [0, 0.05) is 3.57 Å². The predicted molar refractivity (Wildman–Crippen MR) is 106 cm³/mol. The Bertz CT molecular complexity index is 942. The molecule has 6 nitrogen and oxygen atoms in total. The molecule has 0 bridgehead atoms.